The standard InChI is InChI=1S/C27H23F9N4O3S/c1-37-17-8-6-15(26(31,32)33)10-19(17)39(13-25(28,29)30)22(37)4-3-5-23-38(2)18-9-7-16(27(34,35)36)11-20(18)40(23)14-24(40)12-21(24)42-43-44-41/h3-11,21-22H,12-14H2,1-2H3/p+1/b4-3+,23-5+. The molecule has 0 bridgehead atoms. The minimum atomic E-state index is -4.75. The SMILES string of the molecule is CN1/C(=C\C=C\C2N(C)c3ccc(C(F)(F)F)cc3[NH+]2CC(F)(F)F)[N+]2(CC23CC3OOS[O-])c2cc(C(F)(F)F)ccc21. The number of rotatable bonds is 6. The van der Waals surface area contributed by atoms with Crippen LogP contribution in [-0.2, 0) is 21.6 Å². The fraction of sp³-hybridized carbons (Fsp3) is 0.407. The number of anilines is 2. The zero-order valence-corrected chi connectivity index (χ0v) is 23.7. The molecule has 17 heteroatoms. The van der Waals surface area contributed by atoms with E-state index in [-0.39, 0.29) is 33.1 Å². The molecule has 7 nitrogen and oxygen atoms in total. The first-order valence-corrected chi connectivity index (χ1v) is 13.8. The van der Waals surface area contributed by atoms with Crippen LogP contribution in [-0.4, -0.2) is 55.7 Å². The Bertz CT molecular complexity index is 1550. The molecule has 5 atom stereocenters. The van der Waals surface area contributed by atoms with Crippen LogP contribution in [0.3, 0.4) is 0 Å². The van der Waals surface area contributed by atoms with E-state index in [1.807, 2.05) is 0 Å². The number of quaternary nitrogens is 2. The third-order valence-electron chi connectivity index (χ3n) is 8.89. The molecule has 5 unspecified atom stereocenters. The van der Waals surface area contributed by atoms with E-state index in [0.717, 1.165) is 24.3 Å². The van der Waals surface area contributed by atoms with Gasteiger partial charge in [0.15, 0.2) is 35.7 Å². The molecular weight excluding hydrogens is 631 g/mol. The fourth-order valence-electron chi connectivity index (χ4n) is 6.79. The molecule has 3 aliphatic heterocycles. The van der Waals surface area contributed by atoms with Crippen molar-refractivity contribution in [1.29, 1.82) is 0 Å². The molecule has 44 heavy (non-hydrogen) atoms. The maximum Gasteiger partial charge on any atom is 0.438 e. The number of hydrogen-bond donors (Lipinski definition) is 1. The summed E-state index contributed by atoms with van der Waals surface area (Å²) in [6, 6.07) is 6.01. The highest BCUT2D eigenvalue weighted by molar-refractivity contribution is 7.88. The first kappa shape index (κ1) is 31.0. The van der Waals surface area contributed by atoms with E-state index in [4.69, 9.17) is 4.89 Å². The summed E-state index contributed by atoms with van der Waals surface area (Å²) < 4.78 is 137. The summed E-state index contributed by atoms with van der Waals surface area (Å²) in [5, 5.41) is 0. The van der Waals surface area contributed by atoms with Crippen molar-refractivity contribution >= 4 is 35.1 Å². The summed E-state index contributed by atoms with van der Waals surface area (Å²) in [4.78, 5) is 8.01. The van der Waals surface area contributed by atoms with E-state index in [1.54, 1.807) is 18.0 Å². The van der Waals surface area contributed by atoms with Crippen molar-refractivity contribution in [2.24, 2.45) is 0 Å². The lowest BCUT2D eigenvalue weighted by Crippen LogP contribution is -3.12. The summed E-state index contributed by atoms with van der Waals surface area (Å²) >= 11 is -0.262. The smallest absolute Gasteiger partial charge is 0.438 e. The normalized spacial score (nSPS) is 30.3. The Labute approximate surface area is 249 Å². The van der Waals surface area contributed by atoms with Crippen LogP contribution in [0.25, 0.3) is 0 Å². The van der Waals surface area contributed by atoms with Crippen molar-refractivity contribution < 1.29 is 58.2 Å². The molecule has 4 aliphatic rings. The van der Waals surface area contributed by atoms with Crippen LogP contribution in [0.2, 0.25) is 0 Å². The van der Waals surface area contributed by atoms with E-state index in [9.17, 15) is 44.1 Å². The first-order chi connectivity index (χ1) is 20.4. The first-order valence-electron chi connectivity index (χ1n) is 13.2. The number of benzene rings is 2. The molecule has 1 N–H and O–H groups in total. The van der Waals surface area contributed by atoms with Crippen molar-refractivity contribution in [2.45, 2.75) is 42.8 Å². The summed E-state index contributed by atoms with van der Waals surface area (Å²) in [6.07, 6.45) is -10.9. The molecule has 1 saturated carbocycles. The largest absolute Gasteiger partial charge is 0.774 e. The van der Waals surface area contributed by atoms with Gasteiger partial charge in [0, 0.05) is 38.7 Å². The lowest BCUT2D eigenvalue weighted by molar-refractivity contribution is -0.858. The molecule has 0 aromatic heterocycles. The third kappa shape index (κ3) is 4.84. The van der Waals surface area contributed by atoms with Gasteiger partial charge in [0.1, 0.15) is 17.9 Å². The number of hydrogen-bond acceptors (Lipinski definition) is 6. The molecule has 2 fully saturated rings. The highest BCUT2D eigenvalue weighted by Gasteiger charge is 2.90. The number of likely N-dealkylation sites (N-methyl/N-ethyl adjacent to an activating group) is 1. The maximum atomic E-state index is 13.7. The molecule has 0 radical (unpaired) electrons. The Morgan fingerprint density at radius 1 is 1.00 bits per heavy atom. The van der Waals surface area contributed by atoms with E-state index in [2.05, 4.69) is 4.33 Å². The highest BCUT2D eigenvalue weighted by atomic mass is 32.2. The number of fused-ring (bicyclic) bond motifs is 4. The quantitative estimate of drug-likeness (QED) is 0.108. The van der Waals surface area contributed by atoms with Gasteiger partial charge in [-0.05, 0) is 30.3 Å². The van der Waals surface area contributed by atoms with Crippen LogP contribution >= 0.6 is 12.3 Å². The minimum Gasteiger partial charge on any atom is -0.774 e. The van der Waals surface area contributed by atoms with Crippen LogP contribution in [0.15, 0.2) is 60.4 Å². The summed E-state index contributed by atoms with van der Waals surface area (Å²) in [7, 11) is 3.12. The van der Waals surface area contributed by atoms with Gasteiger partial charge in [-0.15, -0.1) is 0 Å². The Morgan fingerprint density at radius 3 is 2.25 bits per heavy atom. The topological polar surface area (TPSA) is 52.4 Å². The van der Waals surface area contributed by atoms with Gasteiger partial charge in [0.25, 0.3) is 0 Å². The Morgan fingerprint density at radius 2 is 1.64 bits per heavy atom. The average Bonchev–Trinajstić information content (AvgIpc) is 3.77. The second kappa shape index (κ2) is 10.0. The number of nitrogens with zero attached hydrogens (tertiary/aromatic N) is 3. The zero-order chi connectivity index (χ0) is 32.0. The fourth-order valence-corrected chi connectivity index (χ4v) is 6.91. The monoisotopic (exact) mass is 655 g/mol. The molecule has 2 aromatic rings. The molecule has 2 spiro atoms. The van der Waals surface area contributed by atoms with Crippen LogP contribution in [0, 0.1) is 0 Å². The van der Waals surface area contributed by atoms with E-state index >= 15 is 0 Å². The second-order valence-electron chi connectivity index (χ2n) is 11.3. The van der Waals surface area contributed by atoms with Gasteiger partial charge in [-0.3, -0.25) is 9.80 Å². The summed E-state index contributed by atoms with van der Waals surface area (Å²) in [5.41, 5.74) is -1.77. The van der Waals surface area contributed by atoms with Crippen molar-refractivity contribution in [1.82, 2.24) is 4.48 Å². The van der Waals surface area contributed by atoms with Crippen LogP contribution < -0.4 is 19.2 Å². The number of allylic oxidation sites excluding steroid dienone is 2. The molecule has 6 rings (SSSR count). The molecule has 3 heterocycles. The predicted octanol–water partition coefficient (Wildman–Crippen LogP) is 5.69. The Kier molecular flexibility index (Phi) is 7.07. The highest BCUT2D eigenvalue weighted by Crippen LogP contribution is 2.71. The molecule has 2 aromatic carbocycles. The maximum absolute atomic E-state index is 13.7. The van der Waals surface area contributed by atoms with Gasteiger partial charge < -0.3 is 9.45 Å². The number of halogens is 9. The van der Waals surface area contributed by atoms with Crippen molar-refractivity contribution in [2.75, 3.05) is 37.0 Å². The lowest BCUT2D eigenvalue weighted by Gasteiger charge is -2.24. The van der Waals surface area contributed by atoms with Gasteiger partial charge in [0.2, 0.25) is 5.82 Å². The van der Waals surface area contributed by atoms with Gasteiger partial charge in [-0.2, -0.15) is 43.8 Å². The zero-order valence-electron chi connectivity index (χ0n) is 22.8. The summed E-state index contributed by atoms with van der Waals surface area (Å²) in [5.74, 6) is 0.506. The van der Waals surface area contributed by atoms with Crippen LogP contribution in [0.1, 0.15) is 17.5 Å². The molecule has 0 amide bonds. The third-order valence-corrected chi connectivity index (χ3v) is 9.03. The van der Waals surface area contributed by atoms with Crippen molar-refractivity contribution in [3.63, 3.8) is 0 Å². The minimum absolute atomic E-state index is 0.0561. The molecule has 238 valence electrons. The van der Waals surface area contributed by atoms with E-state index in [0.29, 0.717) is 36.2 Å². The van der Waals surface area contributed by atoms with Crippen LogP contribution in [0.5, 0.6) is 0 Å². The number of alkyl halides is 9. The van der Waals surface area contributed by atoms with Gasteiger partial charge in [0.05, 0.1) is 11.1 Å². The van der Waals surface area contributed by atoms with Crippen molar-refractivity contribution in [3.8, 4) is 0 Å². The molecular formula is C27H24F9N4O3S+. The van der Waals surface area contributed by atoms with Gasteiger partial charge >= 0.3 is 18.5 Å². The Balaban J connectivity index is 1.37. The Hall–Kier alpha value is -2.96. The predicted molar refractivity (Wildman–Crippen MR) is 141 cm³/mol. The van der Waals surface area contributed by atoms with Crippen LogP contribution in [0.4, 0.5) is 62.3 Å². The van der Waals surface area contributed by atoms with Crippen molar-refractivity contribution in [3.05, 3.63) is 71.6 Å². The van der Waals surface area contributed by atoms with E-state index in [1.165, 1.54) is 30.2 Å². The van der Waals surface area contributed by atoms with Gasteiger partial charge in [-0.25, -0.2) is 9.37 Å². The lowest BCUT2D eigenvalue weighted by atomic mass is 10.1. The molecule has 1 aliphatic carbocycles. The number of nitrogens with one attached hydrogen (secondary N) is 1. The van der Waals surface area contributed by atoms with Gasteiger partial charge in [-0.1, -0.05) is 18.4 Å². The summed E-state index contributed by atoms with van der Waals surface area (Å²) in [6.45, 7) is -1.12. The average molecular weight is 656 g/mol. The van der Waals surface area contributed by atoms with E-state index < -0.39 is 54.0 Å². The molecule has 1 saturated heterocycles. The second-order valence-corrected chi connectivity index (χ2v) is 11.5.